The normalized spacial score (nSPS) is 11.9. The van der Waals surface area contributed by atoms with Gasteiger partial charge in [-0.15, -0.1) is 6.42 Å². The molecular weight excluding hydrogens is 214 g/mol. The van der Waals surface area contributed by atoms with Gasteiger partial charge in [-0.3, -0.25) is 9.48 Å². The summed E-state index contributed by atoms with van der Waals surface area (Å²) in [5.74, 6) is 2.29. The van der Waals surface area contributed by atoms with E-state index >= 15 is 0 Å². The van der Waals surface area contributed by atoms with Gasteiger partial charge in [-0.2, -0.15) is 5.10 Å². The van der Waals surface area contributed by atoms with Crippen LogP contribution in [-0.2, 0) is 18.3 Å². The minimum absolute atomic E-state index is 0.00870. The number of rotatable bonds is 4. The number of hydrogen-bond donors (Lipinski definition) is 1. The molecule has 0 bridgehead atoms. The summed E-state index contributed by atoms with van der Waals surface area (Å²) in [5.41, 5.74) is 3.25. The van der Waals surface area contributed by atoms with Crippen molar-refractivity contribution in [1.29, 1.82) is 0 Å². The van der Waals surface area contributed by atoms with E-state index in [1.165, 1.54) is 0 Å². The summed E-state index contributed by atoms with van der Waals surface area (Å²) >= 11 is 0. The van der Waals surface area contributed by atoms with E-state index in [-0.39, 0.29) is 18.4 Å². The van der Waals surface area contributed by atoms with Crippen LogP contribution in [0.3, 0.4) is 0 Å². The van der Waals surface area contributed by atoms with Crippen molar-refractivity contribution in [2.75, 3.05) is 6.54 Å². The van der Waals surface area contributed by atoms with E-state index in [4.69, 9.17) is 6.42 Å². The zero-order valence-corrected chi connectivity index (χ0v) is 10.9. The van der Waals surface area contributed by atoms with Crippen molar-refractivity contribution in [2.24, 2.45) is 13.0 Å². The predicted molar refractivity (Wildman–Crippen MR) is 67.4 cm³/mol. The van der Waals surface area contributed by atoms with Crippen molar-refractivity contribution in [1.82, 2.24) is 15.1 Å². The fourth-order valence-corrected chi connectivity index (χ4v) is 1.82. The smallest absolute Gasteiger partial charge is 0.223 e. The Kier molecular flexibility index (Phi) is 4.33. The molecule has 4 heteroatoms. The third-order valence-electron chi connectivity index (χ3n) is 2.98. The fraction of sp³-hybridized carbons (Fsp3) is 0.538. The summed E-state index contributed by atoms with van der Waals surface area (Å²) in [6, 6.07) is 0. The Morgan fingerprint density at radius 1 is 1.59 bits per heavy atom. The van der Waals surface area contributed by atoms with E-state index in [0.717, 1.165) is 17.0 Å². The van der Waals surface area contributed by atoms with Crippen molar-refractivity contribution in [3.05, 3.63) is 17.0 Å². The largest absolute Gasteiger partial charge is 0.345 e. The molecule has 92 valence electrons. The van der Waals surface area contributed by atoms with Crippen LogP contribution in [0.4, 0.5) is 0 Å². The standard InChI is InChI=1S/C13H19N3O/c1-6-7-14-13(17)9(2)8-12-10(3)15-16(5)11(12)4/h1,9H,7-8H2,2-5H3,(H,14,17). The second-order valence-corrected chi connectivity index (χ2v) is 4.30. The average molecular weight is 233 g/mol. The first-order valence-electron chi connectivity index (χ1n) is 5.67. The summed E-state index contributed by atoms with van der Waals surface area (Å²) in [6.07, 6.45) is 5.80. The van der Waals surface area contributed by atoms with Gasteiger partial charge < -0.3 is 5.32 Å². The number of carbonyl (C=O) groups excluding carboxylic acids is 1. The van der Waals surface area contributed by atoms with Crippen molar-refractivity contribution >= 4 is 5.91 Å². The summed E-state index contributed by atoms with van der Waals surface area (Å²) in [5, 5.41) is 7.03. The second kappa shape index (κ2) is 5.53. The quantitative estimate of drug-likeness (QED) is 0.788. The lowest BCUT2D eigenvalue weighted by molar-refractivity contribution is -0.124. The van der Waals surface area contributed by atoms with Crippen LogP contribution < -0.4 is 5.32 Å². The molecule has 1 atom stereocenters. The highest BCUT2D eigenvalue weighted by Crippen LogP contribution is 2.16. The van der Waals surface area contributed by atoms with Crippen LogP contribution in [0.5, 0.6) is 0 Å². The topological polar surface area (TPSA) is 46.9 Å². The lowest BCUT2D eigenvalue weighted by Gasteiger charge is -2.11. The van der Waals surface area contributed by atoms with E-state index in [1.807, 2.05) is 32.5 Å². The Hall–Kier alpha value is -1.76. The Morgan fingerprint density at radius 3 is 2.71 bits per heavy atom. The monoisotopic (exact) mass is 233 g/mol. The zero-order valence-electron chi connectivity index (χ0n) is 10.9. The molecule has 1 unspecified atom stereocenters. The molecule has 1 amide bonds. The van der Waals surface area contributed by atoms with Gasteiger partial charge in [0.05, 0.1) is 12.2 Å². The first-order valence-corrected chi connectivity index (χ1v) is 5.67. The SMILES string of the molecule is C#CCNC(=O)C(C)Cc1c(C)nn(C)c1C. The highest BCUT2D eigenvalue weighted by molar-refractivity contribution is 5.78. The number of hydrogen-bond acceptors (Lipinski definition) is 2. The molecule has 0 radical (unpaired) electrons. The molecule has 0 spiro atoms. The number of amides is 1. The van der Waals surface area contributed by atoms with E-state index in [9.17, 15) is 4.79 Å². The average Bonchev–Trinajstić information content (AvgIpc) is 2.52. The van der Waals surface area contributed by atoms with Gasteiger partial charge in [0.25, 0.3) is 0 Å². The third-order valence-corrected chi connectivity index (χ3v) is 2.98. The molecule has 0 saturated heterocycles. The number of nitrogens with zero attached hydrogens (tertiary/aromatic N) is 2. The fourth-order valence-electron chi connectivity index (χ4n) is 1.82. The van der Waals surface area contributed by atoms with Crippen molar-refractivity contribution in [3.8, 4) is 12.3 Å². The van der Waals surface area contributed by atoms with Crippen molar-refractivity contribution in [3.63, 3.8) is 0 Å². The van der Waals surface area contributed by atoms with Crippen LogP contribution in [0, 0.1) is 32.1 Å². The molecule has 4 nitrogen and oxygen atoms in total. The van der Waals surface area contributed by atoms with Gasteiger partial charge in [-0.25, -0.2) is 0 Å². The first-order chi connectivity index (χ1) is 7.97. The van der Waals surface area contributed by atoms with Gasteiger partial charge in [0.2, 0.25) is 5.91 Å². The highest BCUT2D eigenvalue weighted by atomic mass is 16.1. The molecule has 1 heterocycles. The Labute approximate surface area is 102 Å². The van der Waals surface area contributed by atoms with Gasteiger partial charge in [-0.05, 0) is 25.8 Å². The zero-order chi connectivity index (χ0) is 13.0. The number of terminal acetylenes is 1. The van der Waals surface area contributed by atoms with Gasteiger partial charge in [0, 0.05) is 18.7 Å². The molecule has 0 aliphatic heterocycles. The summed E-state index contributed by atoms with van der Waals surface area (Å²) < 4.78 is 1.84. The van der Waals surface area contributed by atoms with Gasteiger partial charge in [0.15, 0.2) is 0 Å². The molecule has 0 aliphatic rings. The maximum Gasteiger partial charge on any atom is 0.223 e. The van der Waals surface area contributed by atoms with Gasteiger partial charge in [0.1, 0.15) is 0 Å². The number of aryl methyl sites for hydroxylation is 2. The highest BCUT2D eigenvalue weighted by Gasteiger charge is 2.17. The van der Waals surface area contributed by atoms with E-state index in [2.05, 4.69) is 16.3 Å². The first kappa shape index (κ1) is 13.3. The van der Waals surface area contributed by atoms with Crippen molar-refractivity contribution < 1.29 is 4.79 Å². The lowest BCUT2D eigenvalue weighted by Crippen LogP contribution is -2.30. The molecule has 1 N–H and O–H groups in total. The summed E-state index contributed by atoms with van der Waals surface area (Å²) in [7, 11) is 1.91. The maximum absolute atomic E-state index is 11.7. The van der Waals surface area contributed by atoms with E-state index < -0.39 is 0 Å². The van der Waals surface area contributed by atoms with Crippen LogP contribution in [0.15, 0.2) is 0 Å². The molecule has 0 aromatic carbocycles. The molecule has 1 rings (SSSR count). The molecule has 1 aromatic rings. The molecule has 0 saturated carbocycles. The lowest BCUT2D eigenvalue weighted by atomic mass is 9.99. The third kappa shape index (κ3) is 3.10. The summed E-state index contributed by atoms with van der Waals surface area (Å²) in [6.45, 7) is 6.17. The second-order valence-electron chi connectivity index (χ2n) is 4.30. The van der Waals surface area contributed by atoms with E-state index in [0.29, 0.717) is 6.42 Å². The summed E-state index contributed by atoms with van der Waals surface area (Å²) in [4.78, 5) is 11.7. The number of aromatic nitrogens is 2. The van der Waals surface area contributed by atoms with Crippen LogP contribution in [0.2, 0.25) is 0 Å². The molecule has 1 aromatic heterocycles. The van der Waals surface area contributed by atoms with Crippen LogP contribution >= 0.6 is 0 Å². The van der Waals surface area contributed by atoms with E-state index in [1.54, 1.807) is 0 Å². The van der Waals surface area contributed by atoms with Gasteiger partial charge in [-0.1, -0.05) is 12.8 Å². The number of nitrogens with one attached hydrogen (secondary N) is 1. The minimum Gasteiger partial charge on any atom is -0.345 e. The Morgan fingerprint density at radius 2 is 2.24 bits per heavy atom. The van der Waals surface area contributed by atoms with Crippen LogP contribution in [-0.4, -0.2) is 22.2 Å². The maximum atomic E-state index is 11.7. The minimum atomic E-state index is -0.0926. The molecule has 0 aliphatic carbocycles. The van der Waals surface area contributed by atoms with Crippen LogP contribution in [0.1, 0.15) is 23.9 Å². The molecule has 0 fully saturated rings. The van der Waals surface area contributed by atoms with Crippen molar-refractivity contribution in [2.45, 2.75) is 27.2 Å². The van der Waals surface area contributed by atoms with Crippen LogP contribution in [0.25, 0.3) is 0 Å². The molecular formula is C13H19N3O. The van der Waals surface area contributed by atoms with Gasteiger partial charge >= 0.3 is 0 Å². The number of carbonyl (C=O) groups is 1. The predicted octanol–water partition coefficient (Wildman–Crippen LogP) is 0.965. The Balaban J connectivity index is 2.71. The molecule has 17 heavy (non-hydrogen) atoms. The Bertz CT molecular complexity index is 454.